The molecule has 130 valence electrons. The predicted octanol–water partition coefficient (Wildman–Crippen LogP) is 1.62. The number of sulfone groups is 1. The van der Waals surface area contributed by atoms with E-state index in [0.29, 0.717) is 16.1 Å². The number of hydrogen-bond donors (Lipinski definition) is 1. The van der Waals surface area contributed by atoms with Gasteiger partial charge in [-0.15, -0.1) is 0 Å². The number of benzene rings is 1. The Balaban J connectivity index is 2.11. The van der Waals surface area contributed by atoms with Gasteiger partial charge in [0, 0.05) is 6.04 Å². The largest absolute Gasteiger partial charge is 0.391 e. The molecular formula is C16H20N2O4S2. The van der Waals surface area contributed by atoms with Crippen molar-refractivity contribution in [2.45, 2.75) is 42.8 Å². The highest BCUT2D eigenvalue weighted by molar-refractivity contribution is 8.01. The van der Waals surface area contributed by atoms with Gasteiger partial charge in [0.15, 0.2) is 15.0 Å². The lowest BCUT2D eigenvalue weighted by Crippen LogP contribution is -2.28. The van der Waals surface area contributed by atoms with E-state index in [0.717, 1.165) is 6.42 Å². The maximum atomic E-state index is 12.9. The molecule has 2 aromatic rings. The van der Waals surface area contributed by atoms with Gasteiger partial charge >= 0.3 is 0 Å². The van der Waals surface area contributed by atoms with Crippen LogP contribution in [0, 0.1) is 0 Å². The molecule has 1 aliphatic rings. The summed E-state index contributed by atoms with van der Waals surface area (Å²) in [5.41, 5.74) is 0.452. The van der Waals surface area contributed by atoms with Crippen LogP contribution in [0.5, 0.6) is 0 Å². The number of nitrogens with zero attached hydrogens (tertiary/aromatic N) is 2. The predicted molar refractivity (Wildman–Crippen MR) is 95.3 cm³/mol. The highest BCUT2D eigenvalue weighted by Crippen LogP contribution is 2.32. The number of rotatable bonds is 4. The van der Waals surface area contributed by atoms with Crippen molar-refractivity contribution < 1.29 is 13.5 Å². The number of para-hydroxylation sites is 1. The van der Waals surface area contributed by atoms with Crippen molar-refractivity contribution in [1.82, 2.24) is 9.55 Å². The lowest BCUT2D eigenvalue weighted by atomic mass is 10.2. The Labute approximate surface area is 144 Å². The molecule has 1 N–H and O–H groups in total. The van der Waals surface area contributed by atoms with E-state index in [1.165, 1.54) is 11.8 Å². The highest BCUT2D eigenvalue weighted by Gasteiger charge is 2.38. The van der Waals surface area contributed by atoms with Gasteiger partial charge < -0.3 is 5.11 Å². The van der Waals surface area contributed by atoms with Crippen LogP contribution in [0.4, 0.5) is 0 Å². The zero-order chi connectivity index (χ0) is 17.5. The van der Waals surface area contributed by atoms with Gasteiger partial charge in [0.25, 0.3) is 5.56 Å². The molecule has 1 aliphatic heterocycles. The van der Waals surface area contributed by atoms with E-state index < -0.39 is 21.2 Å². The monoisotopic (exact) mass is 368 g/mol. The molecule has 1 aromatic heterocycles. The van der Waals surface area contributed by atoms with E-state index >= 15 is 0 Å². The van der Waals surface area contributed by atoms with E-state index in [9.17, 15) is 18.3 Å². The summed E-state index contributed by atoms with van der Waals surface area (Å²) in [5.74, 6) is -0.326. The van der Waals surface area contributed by atoms with Crippen molar-refractivity contribution in [3.8, 4) is 0 Å². The van der Waals surface area contributed by atoms with Crippen LogP contribution in [0.25, 0.3) is 10.9 Å². The normalized spacial score (nSPS) is 24.3. The van der Waals surface area contributed by atoms with Crippen LogP contribution in [-0.4, -0.2) is 45.9 Å². The first-order valence-corrected chi connectivity index (χ1v) is 10.6. The number of aliphatic hydroxyl groups excluding tert-OH is 1. The average Bonchev–Trinajstić information content (AvgIpc) is 2.79. The minimum absolute atomic E-state index is 0.0627. The van der Waals surface area contributed by atoms with Crippen LogP contribution >= 0.6 is 11.8 Å². The number of fused-ring (bicyclic) bond motifs is 1. The molecule has 0 saturated carbocycles. The molecule has 1 fully saturated rings. The van der Waals surface area contributed by atoms with Gasteiger partial charge in [-0.3, -0.25) is 9.36 Å². The highest BCUT2D eigenvalue weighted by atomic mass is 32.2. The van der Waals surface area contributed by atoms with Crippen LogP contribution in [0.1, 0.15) is 26.3 Å². The second-order valence-corrected chi connectivity index (χ2v) is 9.50. The van der Waals surface area contributed by atoms with Gasteiger partial charge in [-0.1, -0.05) is 30.8 Å². The van der Waals surface area contributed by atoms with Gasteiger partial charge in [-0.25, -0.2) is 13.4 Å². The van der Waals surface area contributed by atoms with Crippen LogP contribution in [-0.2, 0) is 9.84 Å². The van der Waals surface area contributed by atoms with Crippen molar-refractivity contribution in [3.63, 3.8) is 0 Å². The molecule has 0 spiro atoms. The molecule has 0 amide bonds. The maximum Gasteiger partial charge on any atom is 0.262 e. The molecule has 24 heavy (non-hydrogen) atoms. The number of aliphatic hydroxyl groups is 1. The molecule has 1 aromatic carbocycles. The number of aromatic nitrogens is 2. The third kappa shape index (κ3) is 3.22. The Hall–Kier alpha value is -1.38. The Bertz CT molecular complexity index is 923. The zero-order valence-corrected chi connectivity index (χ0v) is 15.2. The second-order valence-electron chi connectivity index (χ2n) is 6.14. The van der Waals surface area contributed by atoms with Crippen LogP contribution in [0.3, 0.4) is 0 Å². The van der Waals surface area contributed by atoms with E-state index in [1.54, 1.807) is 22.8 Å². The Kier molecular flexibility index (Phi) is 4.72. The van der Waals surface area contributed by atoms with Crippen LogP contribution < -0.4 is 5.56 Å². The molecule has 0 bridgehead atoms. The standard InChI is InChI=1S/C16H20N2O4S2/c1-3-10(2)18-15(20)11-6-4-5-7-12(11)17-16(18)23-14-9-24(21,22)8-13(14)19/h4-7,10,13-14,19H,3,8-9H2,1-2H3/t10-,13-,14+/m0/s1. The summed E-state index contributed by atoms with van der Waals surface area (Å²) in [4.78, 5) is 17.4. The van der Waals surface area contributed by atoms with Crippen molar-refractivity contribution in [2.75, 3.05) is 11.5 Å². The minimum Gasteiger partial charge on any atom is -0.391 e. The van der Waals surface area contributed by atoms with Crippen molar-refractivity contribution >= 4 is 32.5 Å². The van der Waals surface area contributed by atoms with Crippen LogP contribution in [0.15, 0.2) is 34.2 Å². The average molecular weight is 368 g/mol. The van der Waals surface area contributed by atoms with Crippen molar-refractivity contribution in [1.29, 1.82) is 0 Å². The molecule has 1 saturated heterocycles. The van der Waals surface area contributed by atoms with Gasteiger partial charge in [-0.05, 0) is 25.5 Å². The van der Waals surface area contributed by atoms with Gasteiger partial charge in [0.05, 0.1) is 33.8 Å². The number of thioether (sulfide) groups is 1. The van der Waals surface area contributed by atoms with Crippen molar-refractivity contribution in [3.05, 3.63) is 34.6 Å². The molecule has 8 heteroatoms. The molecule has 0 radical (unpaired) electrons. The Morgan fingerprint density at radius 1 is 1.38 bits per heavy atom. The summed E-state index contributed by atoms with van der Waals surface area (Å²) in [5, 5.41) is 10.5. The summed E-state index contributed by atoms with van der Waals surface area (Å²) in [6.45, 7) is 3.92. The van der Waals surface area contributed by atoms with E-state index in [2.05, 4.69) is 4.98 Å². The third-order valence-electron chi connectivity index (χ3n) is 4.34. The van der Waals surface area contributed by atoms with Gasteiger partial charge in [0.2, 0.25) is 0 Å². The van der Waals surface area contributed by atoms with Crippen LogP contribution in [0.2, 0.25) is 0 Å². The fraction of sp³-hybridized carbons (Fsp3) is 0.500. The number of hydrogen-bond acceptors (Lipinski definition) is 6. The molecular weight excluding hydrogens is 348 g/mol. The topological polar surface area (TPSA) is 89.3 Å². The zero-order valence-electron chi connectivity index (χ0n) is 13.5. The van der Waals surface area contributed by atoms with E-state index in [-0.39, 0.29) is 23.1 Å². The van der Waals surface area contributed by atoms with Gasteiger partial charge in [0.1, 0.15) is 0 Å². The summed E-state index contributed by atoms with van der Waals surface area (Å²) in [6, 6.07) is 7.06. The molecule has 3 atom stereocenters. The van der Waals surface area contributed by atoms with Gasteiger partial charge in [-0.2, -0.15) is 0 Å². The first-order valence-electron chi connectivity index (χ1n) is 7.89. The Morgan fingerprint density at radius 2 is 2.08 bits per heavy atom. The molecule has 3 rings (SSSR count). The lowest BCUT2D eigenvalue weighted by Gasteiger charge is -2.20. The third-order valence-corrected chi connectivity index (χ3v) is 7.55. The SMILES string of the molecule is CC[C@H](C)n1c(S[C@@H]2CS(=O)(=O)C[C@@H]2O)nc2ccccc2c1=O. The summed E-state index contributed by atoms with van der Waals surface area (Å²) in [7, 11) is -3.24. The molecule has 6 nitrogen and oxygen atoms in total. The first-order chi connectivity index (χ1) is 11.3. The molecule has 0 aliphatic carbocycles. The first kappa shape index (κ1) is 17.4. The smallest absolute Gasteiger partial charge is 0.262 e. The second kappa shape index (κ2) is 6.50. The van der Waals surface area contributed by atoms with Crippen molar-refractivity contribution in [2.24, 2.45) is 0 Å². The molecule has 0 unspecified atom stereocenters. The lowest BCUT2D eigenvalue weighted by molar-refractivity contribution is 0.207. The van der Waals surface area contributed by atoms with E-state index in [4.69, 9.17) is 0 Å². The fourth-order valence-corrected chi connectivity index (χ4v) is 6.50. The quantitative estimate of drug-likeness (QED) is 0.825. The minimum atomic E-state index is -3.24. The summed E-state index contributed by atoms with van der Waals surface area (Å²) < 4.78 is 25.1. The Morgan fingerprint density at radius 3 is 2.71 bits per heavy atom. The summed E-state index contributed by atoms with van der Waals surface area (Å²) in [6.07, 6.45) is -0.187. The fourth-order valence-electron chi connectivity index (χ4n) is 2.82. The molecule has 2 heterocycles. The maximum absolute atomic E-state index is 12.9. The van der Waals surface area contributed by atoms with E-state index in [1.807, 2.05) is 19.9 Å². The summed E-state index contributed by atoms with van der Waals surface area (Å²) >= 11 is 1.18.